The zero-order valence-electron chi connectivity index (χ0n) is 22.0. The van der Waals surface area contributed by atoms with Crippen LogP contribution in [0.1, 0.15) is 135 Å². The molecule has 0 aliphatic carbocycles. The Hall–Kier alpha value is -1.27. The van der Waals surface area contributed by atoms with Crippen molar-refractivity contribution in [2.24, 2.45) is 0 Å². The van der Waals surface area contributed by atoms with Gasteiger partial charge in [-0.15, -0.1) is 0 Å². The Bertz CT molecular complexity index is 491. The molecule has 1 N–H and O–H groups in total. The second kappa shape index (κ2) is 26.3. The highest BCUT2D eigenvalue weighted by Crippen LogP contribution is 2.14. The van der Waals surface area contributed by atoms with Crippen LogP contribution in [0.4, 0.5) is 0 Å². The fraction of sp³-hybridized carbons (Fsp3) is 0.893. The van der Waals surface area contributed by atoms with E-state index >= 15 is 0 Å². The van der Waals surface area contributed by atoms with Crippen molar-refractivity contribution >= 4 is 17.5 Å². The molecule has 0 heterocycles. The molecule has 0 unspecified atom stereocenters. The normalized spacial score (nSPS) is 11.1. The summed E-state index contributed by atoms with van der Waals surface area (Å²) >= 11 is 0. The van der Waals surface area contributed by atoms with Gasteiger partial charge in [0, 0.05) is 25.9 Å². The van der Waals surface area contributed by atoms with Crippen molar-refractivity contribution in [3.63, 3.8) is 0 Å². The SMILES string of the molecule is CC(=O)COCCOCCCC(=O)CCCCCCCCCCCCCCCCCCC(=O)O. The third-order valence-corrected chi connectivity index (χ3v) is 6.02. The summed E-state index contributed by atoms with van der Waals surface area (Å²) in [7, 11) is 0. The van der Waals surface area contributed by atoms with E-state index in [0.29, 0.717) is 44.9 Å². The molecule has 34 heavy (non-hydrogen) atoms. The molecule has 200 valence electrons. The summed E-state index contributed by atoms with van der Waals surface area (Å²) in [6.07, 6.45) is 22.0. The first-order chi connectivity index (χ1) is 16.5. The molecule has 0 atom stereocenters. The molecular formula is C28H52O6. The standard InChI is InChI=1S/C28H52O6/c1-26(29)25-34-24-23-33-22-18-20-27(30)19-16-14-12-10-8-6-4-2-3-5-7-9-11-13-15-17-21-28(31)32/h2-25H2,1H3,(H,31,32). The first kappa shape index (κ1) is 32.7. The molecule has 0 aliphatic heterocycles. The van der Waals surface area contributed by atoms with Gasteiger partial charge in [0.1, 0.15) is 12.4 Å². The number of rotatable bonds is 28. The molecule has 0 aromatic heterocycles. The van der Waals surface area contributed by atoms with Crippen molar-refractivity contribution in [1.29, 1.82) is 0 Å². The fourth-order valence-corrected chi connectivity index (χ4v) is 4.01. The van der Waals surface area contributed by atoms with Crippen molar-refractivity contribution < 1.29 is 29.0 Å². The molecule has 0 fully saturated rings. The molecule has 0 spiro atoms. The van der Waals surface area contributed by atoms with Crippen LogP contribution in [0, 0.1) is 0 Å². The lowest BCUT2D eigenvalue weighted by Crippen LogP contribution is -2.10. The second-order valence-corrected chi connectivity index (χ2v) is 9.56. The predicted molar refractivity (Wildman–Crippen MR) is 137 cm³/mol. The number of ether oxygens (including phenoxy) is 2. The maximum atomic E-state index is 11.9. The number of unbranched alkanes of at least 4 members (excludes halogenated alkanes) is 15. The maximum absolute atomic E-state index is 11.9. The van der Waals surface area contributed by atoms with E-state index in [0.717, 1.165) is 32.1 Å². The van der Waals surface area contributed by atoms with Crippen LogP contribution in [0.25, 0.3) is 0 Å². The Morgan fingerprint density at radius 1 is 0.500 bits per heavy atom. The van der Waals surface area contributed by atoms with Gasteiger partial charge in [-0.3, -0.25) is 14.4 Å². The first-order valence-corrected chi connectivity index (χ1v) is 13.9. The van der Waals surface area contributed by atoms with Gasteiger partial charge >= 0.3 is 5.97 Å². The lowest BCUT2D eigenvalue weighted by molar-refractivity contribution is -0.137. The lowest BCUT2D eigenvalue weighted by atomic mass is 10.0. The Labute approximate surface area is 208 Å². The third kappa shape index (κ3) is 28.8. The van der Waals surface area contributed by atoms with Crippen molar-refractivity contribution in [2.45, 2.75) is 135 Å². The van der Waals surface area contributed by atoms with Crippen molar-refractivity contribution in [3.8, 4) is 0 Å². The maximum Gasteiger partial charge on any atom is 0.303 e. The van der Waals surface area contributed by atoms with Gasteiger partial charge in [-0.1, -0.05) is 89.9 Å². The second-order valence-electron chi connectivity index (χ2n) is 9.56. The van der Waals surface area contributed by atoms with Gasteiger partial charge in [0.25, 0.3) is 0 Å². The smallest absolute Gasteiger partial charge is 0.303 e. The summed E-state index contributed by atoms with van der Waals surface area (Å²) in [5.41, 5.74) is 0. The molecule has 0 saturated carbocycles. The third-order valence-electron chi connectivity index (χ3n) is 6.02. The van der Waals surface area contributed by atoms with Crippen LogP contribution in [0.2, 0.25) is 0 Å². The van der Waals surface area contributed by atoms with E-state index in [1.54, 1.807) is 0 Å². The summed E-state index contributed by atoms with van der Waals surface area (Å²) in [6, 6.07) is 0. The highest BCUT2D eigenvalue weighted by molar-refractivity contribution is 5.78. The van der Waals surface area contributed by atoms with E-state index in [9.17, 15) is 14.4 Å². The Balaban J connectivity index is 3.15. The summed E-state index contributed by atoms with van der Waals surface area (Å²) in [5.74, 6) is -0.314. The van der Waals surface area contributed by atoms with Gasteiger partial charge in [0.05, 0.1) is 13.2 Å². The van der Waals surface area contributed by atoms with Gasteiger partial charge in [-0.05, 0) is 26.2 Å². The van der Waals surface area contributed by atoms with Crippen molar-refractivity contribution in [2.75, 3.05) is 26.4 Å². The Morgan fingerprint density at radius 2 is 0.882 bits per heavy atom. The molecule has 0 bridgehead atoms. The number of carboxylic acids is 1. The monoisotopic (exact) mass is 484 g/mol. The fourth-order valence-electron chi connectivity index (χ4n) is 4.01. The van der Waals surface area contributed by atoms with E-state index in [2.05, 4.69) is 0 Å². The number of Topliss-reactive ketones (excluding diaryl/α,β-unsaturated/α-hetero) is 2. The summed E-state index contributed by atoms with van der Waals surface area (Å²) in [4.78, 5) is 33.0. The van der Waals surface area contributed by atoms with Crippen LogP contribution in [-0.2, 0) is 23.9 Å². The van der Waals surface area contributed by atoms with E-state index in [-0.39, 0.29) is 12.4 Å². The molecule has 0 aromatic carbocycles. The van der Waals surface area contributed by atoms with Crippen molar-refractivity contribution in [1.82, 2.24) is 0 Å². The minimum Gasteiger partial charge on any atom is -0.481 e. The number of ketones is 2. The molecule has 0 aliphatic rings. The molecule has 0 amide bonds. The molecule has 0 radical (unpaired) electrons. The number of hydrogen-bond donors (Lipinski definition) is 1. The first-order valence-electron chi connectivity index (χ1n) is 13.9. The molecule has 6 heteroatoms. The lowest BCUT2D eigenvalue weighted by Gasteiger charge is -2.05. The topological polar surface area (TPSA) is 89.9 Å². The number of hydrogen-bond acceptors (Lipinski definition) is 5. The Morgan fingerprint density at radius 3 is 1.32 bits per heavy atom. The van der Waals surface area contributed by atoms with E-state index in [1.807, 2.05) is 0 Å². The quantitative estimate of drug-likeness (QED) is 0.120. The molecule has 0 aromatic rings. The molecule has 6 nitrogen and oxygen atoms in total. The Kier molecular flexibility index (Phi) is 25.4. The zero-order valence-corrected chi connectivity index (χ0v) is 22.0. The molecule has 0 saturated heterocycles. The summed E-state index contributed by atoms with van der Waals surface area (Å²) in [6.45, 7) is 3.11. The van der Waals surface area contributed by atoms with Crippen LogP contribution in [-0.4, -0.2) is 49.1 Å². The number of aliphatic carboxylic acids is 1. The van der Waals surface area contributed by atoms with Crippen LogP contribution in [0.3, 0.4) is 0 Å². The average molecular weight is 485 g/mol. The van der Waals surface area contributed by atoms with Crippen LogP contribution >= 0.6 is 0 Å². The molecular weight excluding hydrogens is 432 g/mol. The van der Waals surface area contributed by atoms with Crippen LogP contribution in [0.15, 0.2) is 0 Å². The van der Waals surface area contributed by atoms with Gasteiger partial charge in [-0.25, -0.2) is 0 Å². The van der Waals surface area contributed by atoms with Gasteiger partial charge in [-0.2, -0.15) is 0 Å². The number of carbonyl (C=O) groups is 3. The average Bonchev–Trinajstić information content (AvgIpc) is 2.79. The summed E-state index contributed by atoms with van der Waals surface area (Å²) < 4.78 is 10.5. The predicted octanol–water partition coefficient (Wildman–Crippen LogP) is 7.06. The van der Waals surface area contributed by atoms with Crippen LogP contribution in [0.5, 0.6) is 0 Å². The number of carboxylic acid groups (broad SMARTS) is 1. The summed E-state index contributed by atoms with van der Waals surface area (Å²) in [5, 5.41) is 8.60. The van der Waals surface area contributed by atoms with Gasteiger partial charge in [0.2, 0.25) is 0 Å². The zero-order chi connectivity index (χ0) is 25.1. The minimum absolute atomic E-state index is 0.0174. The van der Waals surface area contributed by atoms with Crippen molar-refractivity contribution in [3.05, 3.63) is 0 Å². The van der Waals surface area contributed by atoms with Crippen LogP contribution < -0.4 is 0 Å². The molecule has 0 rings (SSSR count). The number of carbonyl (C=O) groups excluding carboxylic acids is 2. The van der Waals surface area contributed by atoms with Gasteiger partial charge < -0.3 is 14.6 Å². The van der Waals surface area contributed by atoms with E-state index in [4.69, 9.17) is 14.6 Å². The van der Waals surface area contributed by atoms with Gasteiger partial charge in [0.15, 0.2) is 5.78 Å². The largest absolute Gasteiger partial charge is 0.481 e. The van der Waals surface area contributed by atoms with E-state index in [1.165, 1.54) is 84.0 Å². The minimum atomic E-state index is -0.673. The highest BCUT2D eigenvalue weighted by atomic mass is 16.5. The highest BCUT2D eigenvalue weighted by Gasteiger charge is 2.02. The van der Waals surface area contributed by atoms with E-state index < -0.39 is 5.97 Å².